The number of nitrogens with zero attached hydrogens (tertiary/aromatic N) is 1. The minimum atomic E-state index is -2.69. The largest absolute Gasteiger partial charge is 0.454 e. The van der Waals surface area contributed by atoms with Crippen molar-refractivity contribution in [2.45, 2.75) is 0 Å². The van der Waals surface area contributed by atoms with E-state index in [-0.39, 0.29) is 0 Å². The Kier molecular flexibility index (Phi) is 5.87. The first-order valence-corrected chi connectivity index (χ1v) is 17.4. The van der Waals surface area contributed by atoms with E-state index in [0.29, 0.717) is 0 Å². The third kappa shape index (κ3) is 3.81. The molecule has 3 heteroatoms. The van der Waals surface area contributed by atoms with Crippen LogP contribution in [-0.2, 0) is 0 Å². The molecule has 2 aromatic heterocycles. The summed E-state index contributed by atoms with van der Waals surface area (Å²) in [7, 11) is -2.69. The molecule has 0 bridgehead atoms. The van der Waals surface area contributed by atoms with Crippen LogP contribution >= 0.6 is 0 Å². The fraction of sp³-hybridized carbons (Fsp3) is 0. The van der Waals surface area contributed by atoms with Crippen molar-refractivity contribution >= 4 is 72.6 Å². The molecule has 9 aromatic rings. The van der Waals surface area contributed by atoms with Crippen LogP contribution in [0.3, 0.4) is 0 Å². The summed E-state index contributed by atoms with van der Waals surface area (Å²) in [5.74, 6) is 0. The van der Waals surface area contributed by atoms with Crippen molar-refractivity contribution in [2.75, 3.05) is 0 Å². The predicted molar refractivity (Wildman–Crippen MR) is 192 cm³/mol. The third-order valence-electron chi connectivity index (χ3n) is 9.34. The molecular formula is C42H29NOSi. The van der Waals surface area contributed by atoms with Crippen LogP contribution < -0.4 is 20.7 Å². The summed E-state index contributed by atoms with van der Waals surface area (Å²) >= 11 is 0. The summed E-state index contributed by atoms with van der Waals surface area (Å²) in [6.07, 6.45) is 0. The Hall–Kier alpha value is -5.64. The Labute approximate surface area is 262 Å². The summed E-state index contributed by atoms with van der Waals surface area (Å²) in [6.45, 7) is 0. The number of para-hydroxylation sites is 2. The fourth-order valence-corrected chi connectivity index (χ4v) is 12.2. The lowest BCUT2D eigenvalue weighted by atomic mass is 10.1. The van der Waals surface area contributed by atoms with Gasteiger partial charge in [0.1, 0.15) is 5.58 Å². The first-order valence-electron chi connectivity index (χ1n) is 15.4. The van der Waals surface area contributed by atoms with Gasteiger partial charge in [0.15, 0.2) is 13.7 Å². The molecule has 2 heterocycles. The van der Waals surface area contributed by atoms with E-state index in [9.17, 15) is 0 Å². The fourth-order valence-electron chi connectivity index (χ4n) is 7.42. The maximum Gasteiger partial charge on any atom is 0.179 e. The smallest absolute Gasteiger partial charge is 0.179 e. The van der Waals surface area contributed by atoms with Gasteiger partial charge in [0.05, 0.1) is 11.0 Å². The van der Waals surface area contributed by atoms with Gasteiger partial charge in [-0.25, -0.2) is 0 Å². The summed E-state index contributed by atoms with van der Waals surface area (Å²) in [5, 5.41) is 10.2. The highest BCUT2D eigenvalue weighted by Gasteiger charge is 2.41. The zero-order chi connectivity index (χ0) is 29.8. The molecule has 0 radical (unpaired) electrons. The number of hydrogen-bond acceptors (Lipinski definition) is 1. The molecular weight excluding hydrogens is 563 g/mol. The molecule has 0 atom stereocenters. The van der Waals surface area contributed by atoms with Crippen molar-refractivity contribution < 1.29 is 4.42 Å². The SMILES string of the molecule is c1ccc(-n2c3ccc([Si](c4ccccc4)(c4ccccc4)c4ccccc4)cc3c3ccc4c5ccccc5oc4c32)cc1. The second kappa shape index (κ2) is 10.2. The Morgan fingerprint density at radius 1 is 0.400 bits per heavy atom. The van der Waals surface area contributed by atoms with Crippen molar-refractivity contribution in [3.63, 3.8) is 0 Å². The Bertz CT molecular complexity index is 2370. The molecule has 0 spiro atoms. The molecule has 45 heavy (non-hydrogen) atoms. The Balaban J connectivity index is 1.44. The van der Waals surface area contributed by atoms with Crippen molar-refractivity contribution in [3.05, 3.63) is 176 Å². The standard InChI is InChI=1S/C42H29NOSi/c1-5-15-30(16-6-1)43-39-28-25-34(29-38(39)36-26-27-37-35-23-13-14-24-40(35)44-42(37)41(36)43)45(31-17-7-2-8-18-31,32-19-9-3-10-20-32)33-21-11-4-12-22-33/h1-29H. The predicted octanol–water partition coefficient (Wildman–Crippen LogP) is 8.06. The molecule has 0 aliphatic heterocycles. The first-order chi connectivity index (χ1) is 22.3. The second-order valence-corrected chi connectivity index (χ2v) is 15.5. The van der Waals surface area contributed by atoms with Crippen LogP contribution in [0.5, 0.6) is 0 Å². The van der Waals surface area contributed by atoms with E-state index in [1.807, 2.05) is 6.07 Å². The van der Waals surface area contributed by atoms with Crippen LogP contribution in [0.1, 0.15) is 0 Å². The normalized spacial score (nSPS) is 12.0. The van der Waals surface area contributed by atoms with Gasteiger partial charge in [-0.15, -0.1) is 0 Å². The van der Waals surface area contributed by atoms with Crippen LogP contribution in [-0.4, -0.2) is 12.6 Å². The summed E-state index contributed by atoms with van der Waals surface area (Å²) in [4.78, 5) is 0. The third-order valence-corrected chi connectivity index (χ3v) is 14.1. The number of fused-ring (bicyclic) bond motifs is 7. The second-order valence-electron chi connectivity index (χ2n) is 11.7. The molecule has 0 fully saturated rings. The lowest BCUT2D eigenvalue weighted by Gasteiger charge is -2.34. The monoisotopic (exact) mass is 591 g/mol. The van der Waals surface area contributed by atoms with Crippen LogP contribution in [0.2, 0.25) is 0 Å². The number of furan rings is 1. The van der Waals surface area contributed by atoms with Crippen LogP contribution in [0, 0.1) is 0 Å². The first kappa shape index (κ1) is 25.8. The molecule has 0 aliphatic carbocycles. The van der Waals surface area contributed by atoms with E-state index in [1.54, 1.807) is 0 Å². The molecule has 2 nitrogen and oxygen atoms in total. The number of aromatic nitrogens is 1. The summed E-state index contributed by atoms with van der Waals surface area (Å²) < 4.78 is 9.04. The lowest BCUT2D eigenvalue weighted by molar-refractivity contribution is 0.671. The topological polar surface area (TPSA) is 18.1 Å². The molecule has 0 saturated heterocycles. The minimum Gasteiger partial charge on any atom is -0.454 e. The number of benzene rings is 7. The molecule has 9 rings (SSSR count). The number of rotatable bonds is 5. The Morgan fingerprint density at radius 3 is 1.56 bits per heavy atom. The summed E-state index contributed by atoms with van der Waals surface area (Å²) in [6, 6.07) is 64.1. The molecule has 212 valence electrons. The molecule has 7 aromatic carbocycles. The maximum atomic E-state index is 6.65. The van der Waals surface area contributed by atoms with E-state index >= 15 is 0 Å². The van der Waals surface area contributed by atoms with Gasteiger partial charge in [0.25, 0.3) is 0 Å². The van der Waals surface area contributed by atoms with Gasteiger partial charge in [-0.2, -0.15) is 0 Å². The van der Waals surface area contributed by atoms with Gasteiger partial charge in [-0.3, -0.25) is 0 Å². The molecule has 0 aliphatic rings. The Morgan fingerprint density at radius 2 is 0.933 bits per heavy atom. The van der Waals surface area contributed by atoms with E-state index in [1.165, 1.54) is 37.0 Å². The number of hydrogen-bond donors (Lipinski definition) is 0. The van der Waals surface area contributed by atoms with Gasteiger partial charge < -0.3 is 8.98 Å². The van der Waals surface area contributed by atoms with Crippen LogP contribution in [0.15, 0.2) is 180 Å². The molecule has 0 N–H and O–H groups in total. The average molecular weight is 592 g/mol. The van der Waals surface area contributed by atoms with Crippen molar-refractivity contribution in [1.82, 2.24) is 4.57 Å². The summed E-state index contributed by atoms with van der Waals surface area (Å²) in [5.41, 5.74) is 5.23. The van der Waals surface area contributed by atoms with Gasteiger partial charge in [0, 0.05) is 27.2 Å². The molecule has 0 unspecified atom stereocenters. The highest BCUT2D eigenvalue weighted by Crippen LogP contribution is 2.40. The van der Waals surface area contributed by atoms with Gasteiger partial charge in [-0.05, 0) is 51.1 Å². The van der Waals surface area contributed by atoms with E-state index < -0.39 is 8.07 Å². The minimum absolute atomic E-state index is 0.911. The zero-order valence-corrected chi connectivity index (χ0v) is 25.6. The van der Waals surface area contributed by atoms with Crippen molar-refractivity contribution in [2.24, 2.45) is 0 Å². The quantitative estimate of drug-likeness (QED) is 0.146. The molecule has 0 amide bonds. The van der Waals surface area contributed by atoms with Crippen molar-refractivity contribution in [1.29, 1.82) is 0 Å². The van der Waals surface area contributed by atoms with Gasteiger partial charge in [-0.1, -0.05) is 146 Å². The van der Waals surface area contributed by atoms with Gasteiger partial charge in [0.2, 0.25) is 0 Å². The highest BCUT2D eigenvalue weighted by atomic mass is 28.3. The zero-order valence-electron chi connectivity index (χ0n) is 24.6. The van der Waals surface area contributed by atoms with Crippen LogP contribution in [0.4, 0.5) is 0 Å². The highest BCUT2D eigenvalue weighted by molar-refractivity contribution is 7.20. The van der Waals surface area contributed by atoms with E-state index in [2.05, 4.69) is 174 Å². The lowest BCUT2D eigenvalue weighted by Crippen LogP contribution is -2.74. The average Bonchev–Trinajstić information content (AvgIpc) is 3.66. The van der Waals surface area contributed by atoms with Gasteiger partial charge >= 0.3 is 0 Å². The van der Waals surface area contributed by atoms with E-state index in [0.717, 1.165) is 33.1 Å². The molecule has 0 saturated carbocycles. The maximum absolute atomic E-state index is 6.65. The van der Waals surface area contributed by atoms with Crippen LogP contribution in [0.25, 0.3) is 49.4 Å². The van der Waals surface area contributed by atoms with E-state index in [4.69, 9.17) is 4.42 Å². The van der Waals surface area contributed by atoms with Crippen molar-refractivity contribution in [3.8, 4) is 5.69 Å².